The molecular weight excluding hydrogens is 214 g/mol. The number of aromatic nitrogens is 1. The highest BCUT2D eigenvalue weighted by atomic mass is 16.5. The van der Waals surface area contributed by atoms with Crippen molar-refractivity contribution in [2.24, 2.45) is 0 Å². The van der Waals surface area contributed by atoms with E-state index >= 15 is 0 Å². The van der Waals surface area contributed by atoms with E-state index in [1.165, 1.54) is 5.56 Å². The molecule has 0 unspecified atom stereocenters. The minimum absolute atomic E-state index is 0.739. The van der Waals surface area contributed by atoms with Gasteiger partial charge in [0.05, 0.1) is 12.8 Å². The van der Waals surface area contributed by atoms with Gasteiger partial charge in [-0.15, -0.1) is 0 Å². The Hall–Kier alpha value is -1.13. The molecule has 4 nitrogen and oxygen atoms in total. The molecule has 1 aromatic rings. The smallest absolute Gasteiger partial charge is 0.142 e. The average Bonchev–Trinajstić information content (AvgIpc) is 2.33. The second-order valence-electron chi connectivity index (χ2n) is 4.27. The van der Waals surface area contributed by atoms with E-state index < -0.39 is 0 Å². The van der Waals surface area contributed by atoms with E-state index in [9.17, 15) is 0 Å². The van der Waals surface area contributed by atoms with Gasteiger partial charge in [-0.05, 0) is 33.1 Å². The number of pyridine rings is 1. The third-order valence-electron chi connectivity index (χ3n) is 2.44. The second kappa shape index (κ2) is 8.03. The van der Waals surface area contributed by atoms with E-state index in [4.69, 9.17) is 4.74 Å². The van der Waals surface area contributed by atoms with Gasteiger partial charge in [-0.25, -0.2) is 0 Å². The molecule has 0 amide bonds. The topological polar surface area (TPSA) is 37.4 Å². The van der Waals surface area contributed by atoms with E-state index in [0.717, 1.165) is 38.4 Å². The van der Waals surface area contributed by atoms with Gasteiger partial charge in [0.2, 0.25) is 0 Å². The first-order chi connectivity index (χ1) is 8.24. The van der Waals surface area contributed by atoms with Crippen molar-refractivity contribution in [3.05, 3.63) is 24.0 Å². The molecule has 0 saturated heterocycles. The summed E-state index contributed by atoms with van der Waals surface area (Å²) < 4.78 is 5.76. The van der Waals surface area contributed by atoms with Crippen molar-refractivity contribution in [3.63, 3.8) is 0 Å². The van der Waals surface area contributed by atoms with Gasteiger partial charge >= 0.3 is 0 Å². The minimum Gasteiger partial charge on any atom is -0.492 e. The SMILES string of the molecule is CCNCc1ccncc1OCCCN(C)C. The van der Waals surface area contributed by atoms with Crippen LogP contribution in [0.15, 0.2) is 18.5 Å². The summed E-state index contributed by atoms with van der Waals surface area (Å²) in [5.41, 5.74) is 1.17. The number of nitrogens with one attached hydrogen (secondary N) is 1. The van der Waals surface area contributed by atoms with Gasteiger partial charge in [-0.2, -0.15) is 0 Å². The van der Waals surface area contributed by atoms with E-state index in [-0.39, 0.29) is 0 Å². The normalized spacial score (nSPS) is 10.8. The molecule has 0 aromatic carbocycles. The Morgan fingerprint density at radius 1 is 1.41 bits per heavy atom. The van der Waals surface area contributed by atoms with Crippen molar-refractivity contribution in [2.75, 3.05) is 33.8 Å². The molecule has 0 aliphatic carbocycles. The Balaban J connectivity index is 2.40. The summed E-state index contributed by atoms with van der Waals surface area (Å²) in [5, 5.41) is 3.30. The summed E-state index contributed by atoms with van der Waals surface area (Å²) >= 11 is 0. The summed E-state index contributed by atoms with van der Waals surface area (Å²) in [6, 6.07) is 2.00. The van der Waals surface area contributed by atoms with Crippen LogP contribution in [0.4, 0.5) is 0 Å². The van der Waals surface area contributed by atoms with Crippen LogP contribution in [0.1, 0.15) is 18.9 Å². The highest BCUT2D eigenvalue weighted by Gasteiger charge is 2.02. The van der Waals surface area contributed by atoms with Crippen LogP contribution < -0.4 is 10.1 Å². The zero-order valence-corrected chi connectivity index (χ0v) is 11.1. The van der Waals surface area contributed by atoms with Gasteiger partial charge in [0.1, 0.15) is 5.75 Å². The summed E-state index contributed by atoms with van der Waals surface area (Å²) in [7, 11) is 4.14. The van der Waals surface area contributed by atoms with Crippen molar-refractivity contribution >= 4 is 0 Å². The first-order valence-corrected chi connectivity index (χ1v) is 6.15. The molecule has 0 aliphatic heterocycles. The molecule has 4 heteroatoms. The van der Waals surface area contributed by atoms with Crippen molar-refractivity contribution < 1.29 is 4.74 Å². The number of nitrogens with zero attached hydrogens (tertiary/aromatic N) is 2. The van der Waals surface area contributed by atoms with Crippen molar-refractivity contribution in [3.8, 4) is 5.75 Å². The number of hydrogen-bond donors (Lipinski definition) is 1. The molecule has 0 spiro atoms. The lowest BCUT2D eigenvalue weighted by Crippen LogP contribution is -2.16. The molecule has 0 atom stereocenters. The number of hydrogen-bond acceptors (Lipinski definition) is 4. The van der Waals surface area contributed by atoms with Gasteiger partial charge < -0.3 is 15.0 Å². The zero-order chi connectivity index (χ0) is 12.5. The molecule has 1 heterocycles. The van der Waals surface area contributed by atoms with Gasteiger partial charge in [-0.3, -0.25) is 4.98 Å². The van der Waals surface area contributed by atoms with E-state index in [2.05, 4.69) is 36.2 Å². The van der Waals surface area contributed by atoms with Crippen LogP contribution in [0.2, 0.25) is 0 Å². The van der Waals surface area contributed by atoms with Crippen LogP contribution in [-0.2, 0) is 6.54 Å². The molecule has 0 radical (unpaired) electrons. The average molecular weight is 237 g/mol. The maximum Gasteiger partial charge on any atom is 0.142 e. The Morgan fingerprint density at radius 3 is 2.94 bits per heavy atom. The third-order valence-corrected chi connectivity index (χ3v) is 2.44. The first-order valence-electron chi connectivity index (χ1n) is 6.15. The molecule has 96 valence electrons. The van der Waals surface area contributed by atoms with Crippen molar-refractivity contribution in [1.29, 1.82) is 0 Å². The quantitative estimate of drug-likeness (QED) is 0.696. The van der Waals surface area contributed by atoms with E-state index in [1.54, 1.807) is 12.4 Å². The van der Waals surface area contributed by atoms with Gasteiger partial charge in [0.25, 0.3) is 0 Å². The van der Waals surface area contributed by atoms with Gasteiger partial charge in [0.15, 0.2) is 0 Å². The largest absolute Gasteiger partial charge is 0.492 e. The molecule has 1 N–H and O–H groups in total. The van der Waals surface area contributed by atoms with Crippen molar-refractivity contribution in [1.82, 2.24) is 15.2 Å². The lowest BCUT2D eigenvalue weighted by Gasteiger charge is -2.13. The van der Waals surface area contributed by atoms with Crippen LogP contribution in [-0.4, -0.2) is 43.7 Å². The van der Waals surface area contributed by atoms with E-state index in [1.807, 2.05) is 6.07 Å². The molecule has 0 bridgehead atoms. The first kappa shape index (κ1) is 13.9. The predicted octanol–water partition coefficient (Wildman–Crippen LogP) is 1.52. The summed E-state index contributed by atoms with van der Waals surface area (Å²) in [6.45, 7) is 5.68. The monoisotopic (exact) mass is 237 g/mol. The molecule has 0 saturated carbocycles. The Kier molecular flexibility index (Phi) is 6.58. The number of ether oxygens (including phenoxy) is 1. The van der Waals surface area contributed by atoms with Crippen LogP contribution in [0.3, 0.4) is 0 Å². The minimum atomic E-state index is 0.739. The molecule has 0 aliphatic rings. The van der Waals surface area contributed by atoms with Crippen LogP contribution in [0.25, 0.3) is 0 Å². The summed E-state index contributed by atoms with van der Waals surface area (Å²) in [6.07, 6.45) is 4.63. The number of rotatable bonds is 8. The fraction of sp³-hybridized carbons (Fsp3) is 0.615. The standard InChI is InChI=1S/C13H23N3O/c1-4-14-10-12-6-7-15-11-13(12)17-9-5-8-16(2)3/h6-7,11,14H,4-5,8-10H2,1-3H3. The zero-order valence-electron chi connectivity index (χ0n) is 11.1. The lowest BCUT2D eigenvalue weighted by atomic mass is 10.2. The highest BCUT2D eigenvalue weighted by molar-refractivity contribution is 5.29. The molecular formula is C13H23N3O. The summed E-state index contributed by atoms with van der Waals surface area (Å²) in [4.78, 5) is 6.26. The van der Waals surface area contributed by atoms with Crippen LogP contribution in [0.5, 0.6) is 5.75 Å². The Labute approximate surface area is 104 Å². The Bertz CT molecular complexity index is 315. The second-order valence-corrected chi connectivity index (χ2v) is 4.27. The fourth-order valence-electron chi connectivity index (χ4n) is 1.51. The maximum absolute atomic E-state index is 5.76. The van der Waals surface area contributed by atoms with Crippen molar-refractivity contribution in [2.45, 2.75) is 19.9 Å². The molecule has 1 rings (SSSR count). The van der Waals surface area contributed by atoms with Gasteiger partial charge in [0, 0.05) is 24.8 Å². The molecule has 0 fully saturated rings. The lowest BCUT2D eigenvalue weighted by molar-refractivity contribution is 0.278. The highest BCUT2D eigenvalue weighted by Crippen LogP contribution is 2.16. The Morgan fingerprint density at radius 2 is 2.24 bits per heavy atom. The summed E-state index contributed by atoms with van der Waals surface area (Å²) in [5.74, 6) is 0.896. The van der Waals surface area contributed by atoms with Crippen LogP contribution >= 0.6 is 0 Å². The molecule has 17 heavy (non-hydrogen) atoms. The third kappa shape index (κ3) is 5.65. The molecule has 1 aromatic heterocycles. The van der Waals surface area contributed by atoms with Crippen LogP contribution in [0, 0.1) is 0 Å². The maximum atomic E-state index is 5.76. The van der Waals surface area contributed by atoms with E-state index in [0.29, 0.717) is 0 Å². The fourth-order valence-corrected chi connectivity index (χ4v) is 1.51. The van der Waals surface area contributed by atoms with Gasteiger partial charge in [-0.1, -0.05) is 6.92 Å². The predicted molar refractivity (Wildman–Crippen MR) is 70.3 cm³/mol.